The zero-order chi connectivity index (χ0) is 16.4. The van der Waals surface area contributed by atoms with Gasteiger partial charge in [-0.3, -0.25) is 9.58 Å². The van der Waals surface area contributed by atoms with Crippen LogP contribution < -0.4 is 0 Å². The highest BCUT2D eigenvalue weighted by atomic mass is 16.5. The molecule has 0 spiro atoms. The van der Waals surface area contributed by atoms with Crippen molar-refractivity contribution in [2.75, 3.05) is 26.3 Å². The van der Waals surface area contributed by atoms with Crippen LogP contribution in [0.2, 0.25) is 0 Å². The fourth-order valence-electron chi connectivity index (χ4n) is 3.46. The predicted octanol–water partition coefficient (Wildman–Crippen LogP) is 2.86. The van der Waals surface area contributed by atoms with Crippen molar-refractivity contribution in [1.82, 2.24) is 14.7 Å². The van der Waals surface area contributed by atoms with Crippen LogP contribution in [-0.2, 0) is 24.8 Å². The number of aromatic nitrogens is 2. The molecule has 1 aromatic carbocycles. The minimum absolute atomic E-state index is 0.494. The summed E-state index contributed by atoms with van der Waals surface area (Å²) in [4.78, 5) is 2.47. The van der Waals surface area contributed by atoms with Gasteiger partial charge < -0.3 is 9.15 Å². The summed E-state index contributed by atoms with van der Waals surface area (Å²) in [6.07, 6.45) is 4.62. The van der Waals surface area contributed by atoms with Crippen molar-refractivity contribution in [3.63, 3.8) is 0 Å². The summed E-state index contributed by atoms with van der Waals surface area (Å²) < 4.78 is 13.3. The molecule has 3 aromatic rings. The second-order valence-electron chi connectivity index (χ2n) is 6.62. The van der Waals surface area contributed by atoms with Gasteiger partial charge in [0.1, 0.15) is 5.58 Å². The van der Waals surface area contributed by atoms with Crippen molar-refractivity contribution in [1.29, 1.82) is 0 Å². The number of furan rings is 1. The monoisotopic (exact) mass is 325 g/mol. The van der Waals surface area contributed by atoms with E-state index in [-0.39, 0.29) is 0 Å². The van der Waals surface area contributed by atoms with Crippen LogP contribution in [0.4, 0.5) is 0 Å². The second-order valence-corrected chi connectivity index (χ2v) is 6.62. The van der Waals surface area contributed by atoms with Crippen LogP contribution in [0, 0.1) is 5.92 Å². The third-order valence-corrected chi connectivity index (χ3v) is 4.77. The van der Waals surface area contributed by atoms with Crippen molar-refractivity contribution in [2.24, 2.45) is 13.0 Å². The quantitative estimate of drug-likeness (QED) is 0.740. The lowest BCUT2D eigenvalue weighted by Gasteiger charge is -2.23. The predicted molar refractivity (Wildman–Crippen MR) is 92.7 cm³/mol. The van der Waals surface area contributed by atoms with E-state index < -0.39 is 0 Å². The van der Waals surface area contributed by atoms with Gasteiger partial charge in [-0.05, 0) is 36.1 Å². The molecule has 0 bridgehead atoms. The molecular weight excluding hydrogens is 302 g/mol. The highest BCUT2D eigenvalue weighted by Gasteiger charge is 2.20. The van der Waals surface area contributed by atoms with E-state index in [9.17, 15) is 0 Å². The lowest BCUT2D eigenvalue weighted by atomic mass is 9.99. The largest absolute Gasteiger partial charge is 0.464 e. The van der Waals surface area contributed by atoms with Crippen molar-refractivity contribution >= 4 is 11.0 Å². The summed E-state index contributed by atoms with van der Waals surface area (Å²) >= 11 is 0. The minimum atomic E-state index is 0.494. The number of nitrogens with zero attached hydrogens (tertiary/aromatic N) is 3. The van der Waals surface area contributed by atoms with Crippen LogP contribution in [0.3, 0.4) is 0 Å². The number of aryl methyl sites for hydroxylation is 1. The fraction of sp³-hybridized carbons (Fsp3) is 0.421. The van der Waals surface area contributed by atoms with Gasteiger partial charge in [-0.1, -0.05) is 12.1 Å². The van der Waals surface area contributed by atoms with Gasteiger partial charge in [0.15, 0.2) is 0 Å². The number of ether oxygens (including phenoxy) is 1. The minimum Gasteiger partial charge on any atom is -0.464 e. The van der Waals surface area contributed by atoms with E-state index in [0.717, 1.165) is 50.2 Å². The Hall–Kier alpha value is -2.11. The van der Waals surface area contributed by atoms with Crippen molar-refractivity contribution in [3.05, 3.63) is 54.0 Å². The Morgan fingerprint density at radius 2 is 2.21 bits per heavy atom. The summed E-state index contributed by atoms with van der Waals surface area (Å²) in [6.45, 7) is 4.55. The first kappa shape index (κ1) is 15.4. The van der Waals surface area contributed by atoms with Gasteiger partial charge in [-0.15, -0.1) is 0 Å². The molecular formula is C19H23N3O2. The normalized spacial score (nSPS) is 19.6. The molecule has 1 aliphatic heterocycles. The van der Waals surface area contributed by atoms with Crippen LogP contribution in [0.25, 0.3) is 11.0 Å². The van der Waals surface area contributed by atoms with Gasteiger partial charge in [0.05, 0.1) is 25.2 Å². The Balaban J connectivity index is 1.44. The maximum absolute atomic E-state index is 5.84. The third kappa shape index (κ3) is 3.37. The Kier molecular flexibility index (Phi) is 4.36. The maximum Gasteiger partial charge on any atom is 0.134 e. The Morgan fingerprint density at radius 3 is 3.08 bits per heavy atom. The van der Waals surface area contributed by atoms with Crippen LogP contribution in [0.1, 0.15) is 11.3 Å². The molecule has 126 valence electrons. The van der Waals surface area contributed by atoms with Crippen molar-refractivity contribution in [2.45, 2.75) is 13.0 Å². The molecule has 0 saturated carbocycles. The summed E-state index contributed by atoms with van der Waals surface area (Å²) in [5.74, 6) is 0.494. The van der Waals surface area contributed by atoms with Gasteiger partial charge in [0.2, 0.25) is 0 Å². The zero-order valence-corrected chi connectivity index (χ0v) is 14.0. The summed E-state index contributed by atoms with van der Waals surface area (Å²) in [7, 11) is 2.00. The molecule has 0 N–H and O–H groups in total. The number of benzene rings is 1. The molecule has 5 nitrogen and oxygen atoms in total. The Labute approximate surface area is 141 Å². The topological polar surface area (TPSA) is 43.4 Å². The molecule has 4 rings (SSSR count). The van der Waals surface area contributed by atoms with E-state index in [4.69, 9.17) is 9.15 Å². The number of fused-ring (bicyclic) bond motifs is 1. The highest BCUT2D eigenvalue weighted by molar-refractivity contribution is 5.77. The van der Waals surface area contributed by atoms with Gasteiger partial charge in [0.25, 0.3) is 0 Å². The average molecular weight is 325 g/mol. The van der Waals surface area contributed by atoms with Gasteiger partial charge in [-0.25, -0.2) is 0 Å². The summed E-state index contributed by atoms with van der Waals surface area (Å²) in [5.41, 5.74) is 3.52. The summed E-state index contributed by atoms with van der Waals surface area (Å²) in [5, 5.41) is 5.43. The first-order valence-corrected chi connectivity index (χ1v) is 8.51. The molecule has 1 saturated heterocycles. The molecule has 0 amide bonds. The molecule has 1 fully saturated rings. The Morgan fingerprint density at radius 1 is 1.25 bits per heavy atom. The van der Waals surface area contributed by atoms with E-state index in [2.05, 4.69) is 34.3 Å². The van der Waals surface area contributed by atoms with Crippen LogP contribution in [0.15, 0.2) is 47.2 Å². The lowest BCUT2D eigenvalue weighted by Crippen LogP contribution is -2.31. The van der Waals surface area contributed by atoms with Gasteiger partial charge >= 0.3 is 0 Å². The molecule has 2 aromatic heterocycles. The van der Waals surface area contributed by atoms with Gasteiger partial charge in [0, 0.05) is 38.3 Å². The zero-order valence-electron chi connectivity index (χ0n) is 14.0. The SMILES string of the molecule is Cn1nccc1CN1CCOCC(Cc2ccc3ccoc3c2)C1. The van der Waals surface area contributed by atoms with Crippen molar-refractivity contribution in [3.8, 4) is 0 Å². The average Bonchev–Trinajstić information content (AvgIpc) is 3.13. The highest BCUT2D eigenvalue weighted by Crippen LogP contribution is 2.21. The van der Waals surface area contributed by atoms with Gasteiger partial charge in [-0.2, -0.15) is 5.10 Å². The second kappa shape index (κ2) is 6.79. The van der Waals surface area contributed by atoms with Crippen LogP contribution in [0.5, 0.6) is 0 Å². The van der Waals surface area contributed by atoms with E-state index >= 15 is 0 Å². The molecule has 0 radical (unpaired) electrons. The van der Waals surface area contributed by atoms with E-state index in [1.54, 1.807) is 6.26 Å². The third-order valence-electron chi connectivity index (χ3n) is 4.77. The maximum atomic E-state index is 5.84. The number of rotatable bonds is 4. The Bertz CT molecular complexity index is 808. The molecule has 24 heavy (non-hydrogen) atoms. The van der Waals surface area contributed by atoms with Crippen LogP contribution >= 0.6 is 0 Å². The van der Waals surface area contributed by atoms with E-state index in [0.29, 0.717) is 5.92 Å². The molecule has 5 heteroatoms. The lowest BCUT2D eigenvalue weighted by molar-refractivity contribution is 0.121. The van der Waals surface area contributed by atoms with Crippen LogP contribution in [-0.4, -0.2) is 41.0 Å². The standard InChI is InChI=1S/C19H23N3O2/c1-21-18(4-6-20-21)13-22-7-9-23-14-16(12-22)10-15-2-3-17-5-8-24-19(17)11-15/h2-6,8,11,16H,7,9-10,12-14H2,1H3. The number of hydrogen-bond acceptors (Lipinski definition) is 4. The first-order chi connectivity index (χ1) is 11.8. The number of hydrogen-bond donors (Lipinski definition) is 0. The molecule has 1 unspecified atom stereocenters. The molecule has 0 aliphatic carbocycles. The first-order valence-electron chi connectivity index (χ1n) is 8.51. The molecule has 1 aliphatic rings. The van der Waals surface area contributed by atoms with Crippen molar-refractivity contribution < 1.29 is 9.15 Å². The smallest absolute Gasteiger partial charge is 0.134 e. The summed E-state index contributed by atoms with van der Waals surface area (Å²) in [6, 6.07) is 10.6. The molecule has 3 heterocycles. The van der Waals surface area contributed by atoms with E-state index in [1.165, 1.54) is 11.3 Å². The molecule has 1 atom stereocenters. The van der Waals surface area contributed by atoms with E-state index in [1.807, 2.05) is 24.0 Å². The fourth-order valence-corrected chi connectivity index (χ4v) is 3.46.